The van der Waals surface area contributed by atoms with Crippen molar-refractivity contribution in [2.45, 2.75) is 51.2 Å². The van der Waals surface area contributed by atoms with Gasteiger partial charge in [0.2, 0.25) is 17.7 Å². The molecule has 0 rings (SSSR count). The third-order valence-corrected chi connectivity index (χ3v) is 4.70. The van der Waals surface area contributed by atoms with Crippen molar-refractivity contribution in [3.63, 3.8) is 0 Å². The van der Waals surface area contributed by atoms with Crippen LogP contribution in [0.3, 0.4) is 0 Å². The molecule has 3 amide bonds. The van der Waals surface area contributed by atoms with Gasteiger partial charge in [-0.3, -0.25) is 19.4 Å². The Kier molecular flexibility index (Phi) is 13.2. The van der Waals surface area contributed by atoms with Crippen molar-refractivity contribution in [2.24, 2.45) is 28.1 Å². The second-order valence-electron chi connectivity index (χ2n) is 6.79. The van der Waals surface area contributed by atoms with E-state index in [1.807, 2.05) is 6.92 Å². The zero-order valence-electron chi connectivity index (χ0n) is 17.3. The quantitative estimate of drug-likeness (QED) is 0.0615. The van der Waals surface area contributed by atoms with Crippen molar-refractivity contribution in [3.05, 3.63) is 0 Å². The number of carboxylic acids is 1. The Morgan fingerprint density at radius 2 is 1.77 bits per heavy atom. The van der Waals surface area contributed by atoms with Crippen molar-refractivity contribution in [2.75, 3.05) is 18.8 Å². The van der Waals surface area contributed by atoms with Crippen molar-refractivity contribution >= 4 is 42.3 Å². The SMILES string of the molecule is CCC(C)C(NC(=O)C(N)CCCN=C(N)N)C(=O)NCC(=O)NC(CS)C(=O)O. The number of carboxylic acid groups (broad SMARTS) is 1. The van der Waals surface area contributed by atoms with Crippen LogP contribution in [0.5, 0.6) is 0 Å². The Labute approximate surface area is 181 Å². The van der Waals surface area contributed by atoms with Gasteiger partial charge < -0.3 is 38.3 Å². The number of aliphatic carboxylic acids is 1. The molecule has 0 saturated carbocycles. The molecule has 0 aromatic carbocycles. The van der Waals surface area contributed by atoms with Crippen LogP contribution in [0.1, 0.15) is 33.1 Å². The molecule has 30 heavy (non-hydrogen) atoms. The number of carbonyl (C=O) groups is 4. The van der Waals surface area contributed by atoms with Crippen LogP contribution < -0.4 is 33.2 Å². The predicted molar refractivity (Wildman–Crippen MR) is 116 cm³/mol. The van der Waals surface area contributed by atoms with E-state index in [1.54, 1.807) is 6.92 Å². The summed E-state index contributed by atoms with van der Waals surface area (Å²) in [4.78, 5) is 51.4. The third-order valence-electron chi connectivity index (χ3n) is 4.34. The van der Waals surface area contributed by atoms with Crippen LogP contribution in [0.2, 0.25) is 0 Å². The molecule has 12 nitrogen and oxygen atoms in total. The molecule has 10 N–H and O–H groups in total. The molecule has 0 aliphatic heterocycles. The standard InChI is InChI=1S/C17H33N7O5S/c1-3-9(2)13(24-14(26)10(18)5-4-6-21-17(19)20)15(27)22-7-12(25)23-11(8-30)16(28)29/h9-11,13,30H,3-8,18H2,1-2H3,(H,22,27)(H,23,25)(H,24,26)(H,28,29)(H4,19,20,21). The number of guanidine groups is 1. The fourth-order valence-corrected chi connectivity index (χ4v) is 2.57. The first-order chi connectivity index (χ1) is 14.0. The van der Waals surface area contributed by atoms with Crippen LogP contribution in [-0.2, 0) is 19.2 Å². The summed E-state index contributed by atoms with van der Waals surface area (Å²) in [6, 6.07) is -2.92. The van der Waals surface area contributed by atoms with Gasteiger partial charge in [0.25, 0.3) is 0 Å². The van der Waals surface area contributed by atoms with E-state index in [0.29, 0.717) is 25.8 Å². The average Bonchev–Trinajstić information content (AvgIpc) is 2.69. The number of carbonyl (C=O) groups excluding carboxylic acids is 3. The molecular weight excluding hydrogens is 414 g/mol. The highest BCUT2D eigenvalue weighted by atomic mass is 32.1. The van der Waals surface area contributed by atoms with E-state index >= 15 is 0 Å². The van der Waals surface area contributed by atoms with Gasteiger partial charge in [0.05, 0.1) is 12.6 Å². The third kappa shape index (κ3) is 10.9. The number of nitrogens with two attached hydrogens (primary N) is 3. The number of hydrogen-bond acceptors (Lipinski definition) is 7. The lowest BCUT2D eigenvalue weighted by Gasteiger charge is -2.25. The molecule has 4 atom stereocenters. The minimum absolute atomic E-state index is 0.0467. The van der Waals surface area contributed by atoms with E-state index in [0.717, 1.165) is 0 Å². The first-order valence-corrected chi connectivity index (χ1v) is 10.2. The smallest absolute Gasteiger partial charge is 0.327 e. The van der Waals surface area contributed by atoms with E-state index < -0.39 is 48.4 Å². The van der Waals surface area contributed by atoms with Crippen LogP contribution in [0.25, 0.3) is 0 Å². The Bertz CT molecular complexity index is 628. The van der Waals surface area contributed by atoms with E-state index in [4.69, 9.17) is 22.3 Å². The Balaban J connectivity index is 4.77. The summed E-state index contributed by atoms with van der Waals surface area (Å²) >= 11 is 3.85. The summed E-state index contributed by atoms with van der Waals surface area (Å²) in [5.74, 6) is -3.37. The largest absolute Gasteiger partial charge is 0.480 e. The summed E-state index contributed by atoms with van der Waals surface area (Å²) in [6.07, 6.45) is 1.40. The first-order valence-electron chi connectivity index (χ1n) is 9.55. The number of hydrogen-bond donors (Lipinski definition) is 8. The fraction of sp³-hybridized carbons (Fsp3) is 0.706. The van der Waals surface area contributed by atoms with Gasteiger partial charge in [0.1, 0.15) is 12.1 Å². The van der Waals surface area contributed by atoms with Crippen LogP contribution in [0.15, 0.2) is 4.99 Å². The van der Waals surface area contributed by atoms with Gasteiger partial charge >= 0.3 is 5.97 Å². The molecule has 0 heterocycles. The Morgan fingerprint density at radius 1 is 1.13 bits per heavy atom. The van der Waals surface area contributed by atoms with Crippen LogP contribution in [0.4, 0.5) is 0 Å². The summed E-state index contributed by atoms with van der Waals surface area (Å²) in [7, 11) is 0. The minimum Gasteiger partial charge on any atom is -0.480 e. The maximum atomic E-state index is 12.5. The predicted octanol–water partition coefficient (Wildman–Crippen LogP) is -2.49. The van der Waals surface area contributed by atoms with Gasteiger partial charge in [-0.2, -0.15) is 12.6 Å². The molecule has 0 saturated heterocycles. The number of nitrogens with one attached hydrogen (secondary N) is 3. The number of nitrogens with zero attached hydrogens (tertiary/aromatic N) is 1. The number of thiol groups is 1. The normalized spacial score (nSPS) is 14.5. The van der Waals surface area contributed by atoms with Crippen molar-refractivity contribution < 1.29 is 24.3 Å². The number of rotatable bonds is 14. The molecule has 0 radical (unpaired) electrons. The number of aliphatic imine (C=N–C) groups is 1. The van der Waals surface area contributed by atoms with E-state index in [2.05, 4.69) is 33.6 Å². The van der Waals surface area contributed by atoms with Gasteiger partial charge in [0, 0.05) is 12.3 Å². The highest BCUT2D eigenvalue weighted by molar-refractivity contribution is 7.80. The Hall–Kier alpha value is -2.54. The van der Waals surface area contributed by atoms with Crippen LogP contribution in [-0.4, -0.2) is 71.7 Å². The lowest BCUT2D eigenvalue weighted by molar-refractivity contribution is -0.141. The molecule has 0 spiro atoms. The molecule has 0 aromatic heterocycles. The molecule has 0 aromatic rings. The Morgan fingerprint density at radius 3 is 2.27 bits per heavy atom. The molecule has 0 fully saturated rings. The average molecular weight is 448 g/mol. The molecule has 0 bridgehead atoms. The monoisotopic (exact) mass is 447 g/mol. The van der Waals surface area contributed by atoms with Crippen LogP contribution in [0, 0.1) is 5.92 Å². The highest BCUT2D eigenvalue weighted by Gasteiger charge is 2.28. The van der Waals surface area contributed by atoms with Crippen molar-refractivity contribution in [1.82, 2.24) is 16.0 Å². The topological polar surface area (TPSA) is 215 Å². The molecule has 0 aliphatic carbocycles. The van der Waals surface area contributed by atoms with Crippen molar-refractivity contribution in [3.8, 4) is 0 Å². The summed E-state index contributed by atoms with van der Waals surface area (Å²) in [5.41, 5.74) is 16.3. The van der Waals surface area contributed by atoms with Gasteiger partial charge in [-0.1, -0.05) is 20.3 Å². The van der Waals surface area contributed by atoms with E-state index in [9.17, 15) is 19.2 Å². The zero-order valence-corrected chi connectivity index (χ0v) is 18.2. The fourth-order valence-electron chi connectivity index (χ4n) is 2.32. The second kappa shape index (κ2) is 14.4. The molecular formula is C17H33N7O5S. The van der Waals surface area contributed by atoms with E-state index in [1.165, 1.54) is 0 Å². The van der Waals surface area contributed by atoms with E-state index in [-0.39, 0.29) is 17.6 Å². The summed E-state index contributed by atoms with van der Waals surface area (Å²) in [6.45, 7) is 3.51. The maximum Gasteiger partial charge on any atom is 0.327 e. The number of amides is 3. The van der Waals surface area contributed by atoms with Gasteiger partial charge in [-0.05, 0) is 18.8 Å². The van der Waals surface area contributed by atoms with Gasteiger partial charge in [-0.25, -0.2) is 4.79 Å². The lowest BCUT2D eigenvalue weighted by Crippen LogP contribution is -2.55. The maximum absolute atomic E-state index is 12.5. The minimum atomic E-state index is -1.23. The lowest BCUT2D eigenvalue weighted by atomic mass is 9.97. The molecule has 172 valence electrons. The van der Waals surface area contributed by atoms with Gasteiger partial charge in [0.15, 0.2) is 5.96 Å². The molecule has 4 unspecified atom stereocenters. The van der Waals surface area contributed by atoms with Crippen molar-refractivity contribution in [1.29, 1.82) is 0 Å². The molecule has 0 aliphatic rings. The second-order valence-corrected chi connectivity index (χ2v) is 7.15. The summed E-state index contributed by atoms with van der Waals surface area (Å²) in [5, 5.41) is 16.2. The van der Waals surface area contributed by atoms with Gasteiger partial charge in [-0.15, -0.1) is 0 Å². The van der Waals surface area contributed by atoms with Crippen LogP contribution >= 0.6 is 12.6 Å². The zero-order chi connectivity index (χ0) is 23.3. The highest BCUT2D eigenvalue weighted by Crippen LogP contribution is 2.09. The summed E-state index contributed by atoms with van der Waals surface area (Å²) < 4.78 is 0. The first kappa shape index (κ1) is 27.5. The molecule has 13 heteroatoms.